The Labute approximate surface area is 335 Å². The minimum atomic E-state index is -0.531. The summed E-state index contributed by atoms with van der Waals surface area (Å²) in [6, 6.07) is 22.2. The Bertz CT molecular complexity index is 2300. The Hall–Kier alpha value is -5.30. The molecule has 2 aliphatic rings. The predicted octanol–water partition coefficient (Wildman–Crippen LogP) is 9.23. The molecule has 0 saturated heterocycles. The summed E-state index contributed by atoms with van der Waals surface area (Å²) in [5.41, 5.74) is 2.22. The first-order chi connectivity index (χ1) is 25.8. The van der Waals surface area contributed by atoms with Gasteiger partial charge in [-0.2, -0.15) is 15.0 Å². The topological polar surface area (TPSA) is 160 Å². The molecule has 0 unspecified atom stereocenters. The Balaban J connectivity index is 0.000000257. The molecule has 1 N–H and O–H groups in total. The zero-order chi connectivity index (χ0) is 37.2. The molecule has 2 saturated carbocycles. The molecule has 6 aromatic rings. The summed E-state index contributed by atoms with van der Waals surface area (Å²) in [6.07, 6.45) is 6.48. The molecule has 12 nitrogen and oxygen atoms in total. The van der Waals surface area contributed by atoms with Gasteiger partial charge < -0.3 is 23.0 Å². The molecule has 300 valence electrons. The van der Waals surface area contributed by atoms with Crippen molar-refractivity contribution >= 4 is 38.1 Å². The summed E-state index contributed by atoms with van der Waals surface area (Å²) < 4.78 is 27.4. The maximum Gasteiger partial charge on any atom is 0.337 e. The minimum absolute atomic E-state index is 0. The third-order valence-corrected chi connectivity index (χ3v) is 9.48. The number of alkyl halides is 1. The first-order valence-electron chi connectivity index (χ1n) is 17.8. The third kappa shape index (κ3) is 12.6. The van der Waals surface area contributed by atoms with Crippen molar-refractivity contribution in [3.63, 3.8) is 0 Å². The fourth-order valence-electron chi connectivity index (χ4n) is 5.22. The highest BCUT2D eigenvalue weighted by Gasteiger charge is 2.24. The minimum Gasteiger partial charge on any atom is -0.477 e. The van der Waals surface area contributed by atoms with Crippen molar-refractivity contribution in [2.24, 2.45) is 11.8 Å². The van der Waals surface area contributed by atoms with Crippen molar-refractivity contribution in [1.29, 1.82) is 0 Å². The van der Waals surface area contributed by atoms with Crippen molar-refractivity contribution in [3.05, 3.63) is 126 Å². The highest BCUT2D eigenvalue weighted by molar-refractivity contribution is 9.09. The predicted molar refractivity (Wildman–Crippen MR) is 224 cm³/mol. The lowest BCUT2D eigenvalue weighted by Crippen LogP contribution is -2.15. The van der Waals surface area contributed by atoms with Crippen LogP contribution in [0.1, 0.15) is 84.1 Å². The van der Waals surface area contributed by atoms with Crippen molar-refractivity contribution in [1.82, 2.24) is 19.9 Å². The SMILES string of the molecule is BrCC1CC1.C.C.C.CCc1cc(=O)oc2nc(OCc3ccccc3)[nH]c(=O)c12.CCc1cc(=O)oc2nc(OCc3ccccc3)nc(OCC3CC3)c12. The van der Waals surface area contributed by atoms with Crippen LogP contribution in [0.5, 0.6) is 17.9 Å². The molecular formula is C43H53BrN4O8. The van der Waals surface area contributed by atoms with Gasteiger partial charge in [-0.3, -0.25) is 9.78 Å². The van der Waals surface area contributed by atoms with E-state index >= 15 is 0 Å². The molecule has 56 heavy (non-hydrogen) atoms. The lowest BCUT2D eigenvalue weighted by atomic mass is 10.1. The standard InChI is InChI=1S/C20H20N2O4.C16H14N2O4.C4H7Br.3CH4/c1-2-15-10-16(23)26-19-17(15)18(24-11-14-8-9-14)21-20(22-19)25-12-13-6-4-3-5-7-13;1-2-11-8-12(19)22-15-13(11)14(20)17-16(18-15)21-9-10-6-4-3-5-7-10;5-3-4-1-2-4;;;/h3-7,10,14H,2,8-9,11-12H2,1H3;3-8H,2,9H2,1H3,(H,17,18,20);4H,1-3H2;3*1H4. The maximum atomic E-state index is 12.2. The van der Waals surface area contributed by atoms with Crippen LogP contribution in [0.15, 0.2) is 96.0 Å². The van der Waals surface area contributed by atoms with Gasteiger partial charge >= 0.3 is 17.3 Å². The summed E-state index contributed by atoms with van der Waals surface area (Å²) in [5, 5.41) is 2.17. The lowest BCUT2D eigenvalue weighted by Gasteiger charge is -2.12. The van der Waals surface area contributed by atoms with Crippen LogP contribution in [-0.2, 0) is 26.1 Å². The second-order valence-electron chi connectivity index (χ2n) is 12.8. The van der Waals surface area contributed by atoms with Crippen LogP contribution in [-0.4, -0.2) is 31.9 Å². The first kappa shape index (κ1) is 45.1. The summed E-state index contributed by atoms with van der Waals surface area (Å²) in [5.74, 6) is 2.05. The molecule has 0 aliphatic heterocycles. The van der Waals surface area contributed by atoms with Gasteiger partial charge in [-0.1, -0.05) is 113 Å². The Morgan fingerprint density at radius 2 is 1.20 bits per heavy atom. The van der Waals surface area contributed by atoms with E-state index in [1.807, 2.05) is 74.5 Å². The van der Waals surface area contributed by atoms with E-state index in [-0.39, 0.29) is 63.3 Å². The van der Waals surface area contributed by atoms with Gasteiger partial charge in [-0.05, 0) is 72.6 Å². The van der Waals surface area contributed by atoms with E-state index in [0.717, 1.165) is 22.6 Å². The van der Waals surface area contributed by atoms with Crippen LogP contribution in [0, 0.1) is 11.8 Å². The monoisotopic (exact) mass is 832 g/mol. The van der Waals surface area contributed by atoms with E-state index in [1.54, 1.807) is 0 Å². The van der Waals surface area contributed by atoms with Crippen molar-refractivity contribution in [2.45, 2.75) is 87.9 Å². The third-order valence-electron chi connectivity index (χ3n) is 8.57. The van der Waals surface area contributed by atoms with Crippen LogP contribution >= 0.6 is 15.9 Å². The molecular weight excluding hydrogens is 780 g/mol. The fourth-order valence-corrected chi connectivity index (χ4v) is 5.86. The molecule has 0 radical (unpaired) electrons. The highest BCUT2D eigenvalue weighted by Crippen LogP contribution is 2.33. The number of aromatic amines is 1. The number of rotatable bonds is 12. The van der Waals surface area contributed by atoms with Crippen LogP contribution in [0.25, 0.3) is 22.2 Å². The van der Waals surface area contributed by atoms with Gasteiger partial charge in [0.05, 0.1) is 6.61 Å². The maximum absolute atomic E-state index is 12.2. The number of benzene rings is 2. The molecule has 0 amide bonds. The summed E-state index contributed by atoms with van der Waals surface area (Å²) >= 11 is 3.38. The second-order valence-corrected chi connectivity index (χ2v) is 13.5. The molecule has 0 bridgehead atoms. The number of halogens is 1. The van der Waals surface area contributed by atoms with Gasteiger partial charge in [0.15, 0.2) is 0 Å². The Kier molecular flexibility index (Phi) is 17.5. The molecule has 8 rings (SSSR count). The number of nitrogens with zero attached hydrogens (tertiary/aromatic N) is 3. The second kappa shape index (κ2) is 21.7. The number of aryl methyl sites for hydroxylation is 2. The summed E-state index contributed by atoms with van der Waals surface area (Å²) in [7, 11) is 0. The average molecular weight is 834 g/mol. The smallest absolute Gasteiger partial charge is 0.337 e. The van der Waals surface area contributed by atoms with E-state index < -0.39 is 11.3 Å². The van der Waals surface area contributed by atoms with Crippen molar-refractivity contribution < 1.29 is 23.0 Å². The van der Waals surface area contributed by atoms with Gasteiger partial charge in [0.2, 0.25) is 17.3 Å². The molecule has 0 spiro atoms. The number of hydrogen-bond acceptors (Lipinski definition) is 11. The molecule has 4 heterocycles. The summed E-state index contributed by atoms with van der Waals surface area (Å²) in [4.78, 5) is 50.9. The van der Waals surface area contributed by atoms with Gasteiger partial charge in [0.25, 0.3) is 11.6 Å². The van der Waals surface area contributed by atoms with E-state index in [0.29, 0.717) is 48.8 Å². The zero-order valence-electron chi connectivity index (χ0n) is 29.6. The number of hydrogen-bond donors (Lipinski definition) is 1. The van der Waals surface area contributed by atoms with Crippen LogP contribution in [0.3, 0.4) is 0 Å². The highest BCUT2D eigenvalue weighted by atomic mass is 79.9. The van der Waals surface area contributed by atoms with Crippen molar-refractivity contribution in [3.8, 4) is 17.9 Å². The summed E-state index contributed by atoms with van der Waals surface area (Å²) in [6.45, 7) is 5.01. The van der Waals surface area contributed by atoms with Crippen molar-refractivity contribution in [2.75, 3.05) is 11.9 Å². The number of ether oxygens (including phenoxy) is 3. The zero-order valence-corrected chi connectivity index (χ0v) is 31.2. The van der Waals surface area contributed by atoms with E-state index in [2.05, 4.69) is 35.9 Å². The van der Waals surface area contributed by atoms with Gasteiger partial charge in [-0.15, -0.1) is 0 Å². The normalized spacial score (nSPS) is 12.7. The molecule has 13 heteroatoms. The quantitative estimate of drug-likeness (QED) is 0.117. The first-order valence-corrected chi connectivity index (χ1v) is 18.9. The number of nitrogens with one attached hydrogen (secondary N) is 1. The average Bonchev–Trinajstić information content (AvgIpc) is 4.11. The molecule has 2 aromatic carbocycles. The Morgan fingerprint density at radius 3 is 1.70 bits per heavy atom. The number of fused-ring (bicyclic) bond motifs is 2. The molecule has 2 fully saturated rings. The lowest BCUT2D eigenvalue weighted by molar-refractivity contribution is 0.259. The largest absolute Gasteiger partial charge is 0.477 e. The van der Waals surface area contributed by atoms with E-state index in [1.165, 1.54) is 43.1 Å². The Morgan fingerprint density at radius 1 is 0.679 bits per heavy atom. The van der Waals surface area contributed by atoms with Crippen LogP contribution < -0.4 is 31.0 Å². The van der Waals surface area contributed by atoms with E-state index in [4.69, 9.17) is 23.0 Å². The van der Waals surface area contributed by atoms with Crippen LogP contribution in [0.2, 0.25) is 0 Å². The van der Waals surface area contributed by atoms with Crippen LogP contribution in [0.4, 0.5) is 0 Å². The number of H-pyrrole nitrogens is 1. The number of aromatic nitrogens is 4. The van der Waals surface area contributed by atoms with Gasteiger partial charge in [-0.25, -0.2) is 9.59 Å². The fraction of sp³-hybridized carbons (Fsp3) is 0.395. The van der Waals surface area contributed by atoms with Gasteiger partial charge in [0, 0.05) is 17.5 Å². The molecule has 2 aliphatic carbocycles. The molecule has 4 aromatic heterocycles. The van der Waals surface area contributed by atoms with E-state index in [9.17, 15) is 14.4 Å². The molecule has 0 atom stereocenters. The van der Waals surface area contributed by atoms with Gasteiger partial charge in [0.1, 0.15) is 24.0 Å².